The first-order chi connectivity index (χ1) is 5.72. The van der Waals surface area contributed by atoms with Crippen molar-refractivity contribution >= 4 is 15.9 Å². The van der Waals surface area contributed by atoms with Gasteiger partial charge in [-0.25, -0.2) is 0 Å². The minimum Gasteiger partial charge on any atom is -0.0893 e. The standard InChI is InChI=1S/C8H8BrN3/c1-6-2-7(5-11-12-10)4-8(9)3-6/h2-4H,5H2,1H3. The van der Waals surface area contributed by atoms with Crippen LogP contribution in [0.3, 0.4) is 0 Å². The lowest BCUT2D eigenvalue weighted by Crippen LogP contribution is -1.82. The Morgan fingerprint density at radius 1 is 1.50 bits per heavy atom. The molecule has 0 spiro atoms. The third-order valence-corrected chi connectivity index (χ3v) is 1.88. The molecule has 1 aromatic carbocycles. The summed E-state index contributed by atoms with van der Waals surface area (Å²) >= 11 is 3.37. The zero-order chi connectivity index (χ0) is 8.97. The van der Waals surface area contributed by atoms with E-state index in [2.05, 4.69) is 26.0 Å². The van der Waals surface area contributed by atoms with E-state index >= 15 is 0 Å². The molecule has 0 N–H and O–H groups in total. The van der Waals surface area contributed by atoms with Gasteiger partial charge in [0.25, 0.3) is 0 Å². The zero-order valence-corrected chi connectivity index (χ0v) is 8.24. The molecule has 12 heavy (non-hydrogen) atoms. The number of halogens is 1. The maximum absolute atomic E-state index is 8.11. The number of hydrogen-bond acceptors (Lipinski definition) is 1. The topological polar surface area (TPSA) is 48.8 Å². The van der Waals surface area contributed by atoms with E-state index in [-0.39, 0.29) is 0 Å². The molecule has 0 amide bonds. The molecule has 3 nitrogen and oxygen atoms in total. The summed E-state index contributed by atoms with van der Waals surface area (Å²) in [4.78, 5) is 2.70. The van der Waals surface area contributed by atoms with Crippen LogP contribution in [0.2, 0.25) is 0 Å². The zero-order valence-electron chi connectivity index (χ0n) is 6.66. The van der Waals surface area contributed by atoms with E-state index in [0.29, 0.717) is 6.54 Å². The first kappa shape index (κ1) is 9.10. The highest BCUT2D eigenvalue weighted by Gasteiger charge is 1.94. The van der Waals surface area contributed by atoms with Crippen LogP contribution in [0.4, 0.5) is 0 Å². The van der Waals surface area contributed by atoms with Crippen LogP contribution in [0.5, 0.6) is 0 Å². The Labute approximate surface area is 79.2 Å². The van der Waals surface area contributed by atoms with Crippen LogP contribution in [0.1, 0.15) is 11.1 Å². The van der Waals surface area contributed by atoms with Gasteiger partial charge >= 0.3 is 0 Å². The molecule has 0 aliphatic rings. The van der Waals surface area contributed by atoms with E-state index in [9.17, 15) is 0 Å². The van der Waals surface area contributed by atoms with Crippen LogP contribution in [0.25, 0.3) is 10.4 Å². The summed E-state index contributed by atoms with van der Waals surface area (Å²) in [5, 5.41) is 3.48. The SMILES string of the molecule is Cc1cc(Br)cc(CN=[N+]=[N-])c1. The molecule has 0 heterocycles. The third kappa shape index (κ3) is 2.57. The molecular weight excluding hydrogens is 218 g/mol. The summed E-state index contributed by atoms with van der Waals surface area (Å²) in [5.74, 6) is 0. The van der Waals surface area contributed by atoms with Crippen LogP contribution in [0.15, 0.2) is 27.8 Å². The normalized spacial score (nSPS) is 9.17. The van der Waals surface area contributed by atoms with Crippen molar-refractivity contribution in [3.8, 4) is 0 Å². The molecule has 0 aliphatic carbocycles. The summed E-state index contributed by atoms with van der Waals surface area (Å²) in [5.41, 5.74) is 10.3. The van der Waals surface area contributed by atoms with Crippen molar-refractivity contribution in [1.82, 2.24) is 0 Å². The number of aryl methyl sites for hydroxylation is 1. The highest BCUT2D eigenvalue weighted by molar-refractivity contribution is 9.10. The average Bonchev–Trinajstić information content (AvgIpc) is 1.99. The Bertz CT molecular complexity index is 309. The molecule has 1 rings (SSSR count). The molecule has 0 aliphatic heterocycles. The van der Waals surface area contributed by atoms with Gasteiger partial charge < -0.3 is 0 Å². The monoisotopic (exact) mass is 225 g/mol. The lowest BCUT2D eigenvalue weighted by atomic mass is 10.1. The van der Waals surface area contributed by atoms with Crippen molar-refractivity contribution in [2.75, 3.05) is 0 Å². The molecule has 0 aromatic heterocycles. The fourth-order valence-electron chi connectivity index (χ4n) is 1.02. The van der Waals surface area contributed by atoms with Crippen LogP contribution in [-0.2, 0) is 6.54 Å². The van der Waals surface area contributed by atoms with Gasteiger partial charge in [-0.3, -0.25) is 0 Å². The van der Waals surface area contributed by atoms with Gasteiger partial charge in [-0.05, 0) is 35.7 Å². The number of benzene rings is 1. The maximum atomic E-state index is 8.11. The molecule has 62 valence electrons. The molecule has 0 bridgehead atoms. The lowest BCUT2D eigenvalue weighted by Gasteiger charge is -1.99. The molecule has 0 saturated carbocycles. The number of azide groups is 1. The number of rotatable bonds is 2. The van der Waals surface area contributed by atoms with E-state index in [1.165, 1.54) is 0 Å². The Kier molecular flexibility index (Phi) is 3.14. The van der Waals surface area contributed by atoms with Gasteiger partial charge in [0, 0.05) is 9.38 Å². The van der Waals surface area contributed by atoms with Crippen molar-refractivity contribution < 1.29 is 0 Å². The first-order valence-electron chi connectivity index (χ1n) is 3.49. The van der Waals surface area contributed by atoms with Crippen molar-refractivity contribution in [3.05, 3.63) is 44.2 Å². The largest absolute Gasteiger partial charge is 0.0893 e. The summed E-state index contributed by atoms with van der Waals surface area (Å²) in [6.45, 7) is 2.42. The highest BCUT2D eigenvalue weighted by atomic mass is 79.9. The Morgan fingerprint density at radius 3 is 2.83 bits per heavy atom. The quantitative estimate of drug-likeness (QED) is 0.420. The lowest BCUT2D eigenvalue weighted by molar-refractivity contribution is 1.04. The van der Waals surface area contributed by atoms with E-state index < -0.39 is 0 Å². The molecule has 0 radical (unpaired) electrons. The molecular formula is C8H8BrN3. The summed E-state index contributed by atoms with van der Waals surface area (Å²) in [6.07, 6.45) is 0. The average molecular weight is 226 g/mol. The minimum atomic E-state index is 0.413. The van der Waals surface area contributed by atoms with Gasteiger partial charge in [0.2, 0.25) is 0 Å². The fourth-order valence-corrected chi connectivity index (χ4v) is 1.67. The van der Waals surface area contributed by atoms with Crippen LogP contribution in [-0.4, -0.2) is 0 Å². The predicted octanol–water partition coefficient (Wildman–Crippen LogP) is 3.57. The van der Waals surface area contributed by atoms with Gasteiger partial charge in [-0.15, -0.1) is 0 Å². The summed E-state index contributed by atoms with van der Waals surface area (Å²) < 4.78 is 1.02. The van der Waals surface area contributed by atoms with Crippen molar-refractivity contribution in [1.29, 1.82) is 0 Å². The summed E-state index contributed by atoms with van der Waals surface area (Å²) in [7, 11) is 0. The third-order valence-electron chi connectivity index (χ3n) is 1.42. The van der Waals surface area contributed by atoms with Crippen molar-refractivity contribution in [3.63, 3.8) is 0 Å². The minimum absolute atomic E-state index is 0.413. The molecule has 0 unspecified atom stereocenters. The Morgan fingerprint density at radius 2 is 2.25 bits per heavy atom. The second kappa shape index (κ2) is 4.14. The Balaban J connectivity index is 2.92. The molecule has 1 aromatic rings. The van der Waals surface area contributed by atoms with Crippen LogP contribution < -0.4 is 0 Å². The van der Waals surface area contributed by atoms with Crippen molar-refractivity contribution in [2.45, 2.75) is 13.5 Å². The Hall–Kier alpha value is -0.990. The molecule has 0 fully saturated rings. The van der Waals surface area contributed by atoms with E-state index in [4.69, 9.17) is 5.53 Å². The predicted molar refractivity (Wildman–Crippen MR) is 51.7 cm³/mol. The van der Waals surface area contributed by atoms with E-state index in [1.54, 1.807) is 0 Å². The van der Waals surface area contributed by atoms with Crippen LogP contribution in [0, 0.1) is 6.92 Å². The number of hydrogen-bond donors (Lipinski definition) is 0. The fraction of sp³-hybridized carbons (Fsp3) is 0.250. The van der Waals surface area contributed by atoms with E-state index in [0.717, 1.165) is 15.6 Å². The number of nitrogens with zero attached hydrogens (tertiary/aromatic N) is 3. The second-order valence-electron chi connectivity index (χ2n) is 2.53. The highest BCUT2D eigenvalue weighted by Crippen LogP contribution is 2.15. The molecule has 0 saturated heterocycles. The maximum Gasteiger partial charge on any atom is 0.0511 e. The molecule has 4 heteroatoms. The van der Waals surface area contributed by atoms with Gasteiger partial charge in [0.15, 0.2) is 0 Å². The summed E-state index contributed by atoms with van der Waals surface area (Å²) in [6, 6.07) is 5.96. The van der Waals surface area contributed by atoms with Gasteiger partial charge in [-0.1, -0.05) is 27.1 Å². The second-order valence-corrected chi connectivity index (χ2v) is 3.44. The van der Waals surface area contributed by atoms with Crippen LogP contribution >= 0.6 is 15.9 Å². The van der Waals surface area contributed by atoms with Gasteiger partial charge in [-0.2, -0.15) is 0 Å². The van der Waals surface area contributed by atoms with E-state index in [1.807, 2.05) is 25.1 Å². The van der Waals surface area contributed by atoms with Gasteiger partial charge in [0.1, 0.15) is 0 Å². The first-order valence-corrected chi connectivity index (χ1v) is 4.28. The van der Waals surface area contributed by atoms with Gasteiger partial charge in [0.05, 0.1) is 6.54 Å². The van der Waals surface area contributed by atoms with Crippen molar-refractivity contribution in [2.24, 2.45) is 5.11 Å². The molecule has 0 atom stereocenters. The smallest absolute Gasteiger partial charge is 0.0511 e.